The lowest BCUT2D eigenvalue weighted by Gasteiger charge is -2.19. The van der Waals surface area contributed by atoms with Crippen LogP contribution in [0.4, 0.5) is 0 Å². The van der Waals surface area contributed by atoms with Crippen LogP contribution in [0.5, 0.6) is 0 Å². The lowest BCUT2D eigenvalue weighted by molar-refractivity contribution is 0.529. The van der Waals surface area contributed by atoms with Gasteiger partial charge in [0.05, 0.1) is 5.02 Å². The summed E-state index contributed by atoms with van der Waals surface area (Å²) < 4.78 is 0. The number of aromatic nitrogens is 1. The maximum absolute atomic E-state index is 6.24. The van der Waals surface area contributed by atoms with Crippen molar-refractivity contribution in [1.82, 2.24) is 10.3 Å². The molecule has 2 nitrogen and oxygen atoms in total. The second kappa shape index (κ2) is 6.88. The number of nitrogens with one attached hydrogen (secondary N) is 1. The minimum Gasteiger partial charge on any atom is -0.310 e. The number of halogens is 1. The molecule has 0 aromatic carbocycles. The summed E-state index contributed by atoms with van der Waals surface area (Å²) in [5, 5.41) is 8.60. The second-order valence-corrected chi connectivity index (χ2v) is 5.43. The van der Waals surface area contributed by atoms with Gasteiger partial charge in [-0.3, -0.25) is 4.98 Å². The third kappa shape index (κ3) is 3.55. The first-order valence-electron chi connectivity index (χ1n) is 6.15. The number of pyridine rings is 1. The average molecular weight is 281 g/mol. The highest BCUT2D eigenvalue weighted by Gasteiger charge is 2.14. The summed E-state index contributed by atoms with van der Waals surface area (Å²) in [7, 11) is 0. The van der Waals surface area contributed by atoms with Crippen molar-refractivity contribution < 1.29 is 0 Å². The van der Waals surface area contributed by atoms with Gasteiger partial charge in [-0.2, -0.15) is 11.3 Å². The topological polar surface area (TPSA) is 24.9 Å². The molecule has 0 radical (unpaired) electrons. The van der Waals surface area contributed by atoms with Crippen LogP contribution in [0.1, 0.15) is 30.5 Å². The van der Waals surface area contributed by atoms with Gasteiger partial charge in [-0.15, -0.1) is 0 Å². The molecule has 0 aliphatic rings. The van der Waals surface area contributed by atoms with Crippen LogP contribution in [0.3, 0.4) is 0 Å². The van der Waals surface area contributed by atoms with E-state index in [1.807, 2.05) is 6.07 Å². The molecule has 0 aliphatic carbocycles. The quantitative estimate of drug-likeness (QED) is 0.862. The van der Waals surface area contributed by atoms with E-state index in [0.717, 1.165) is 30.0 Å². The second-order valence-electron chi connectivity index (χ2n) is 4.24. The molecule has 0 bridgehead atoms. The molecule has 0 amide bonds. The lowest BCUT2D eigenvalue weighted by Crippen LogP contribution is -2.24. The van der Waals surface area contributed by atoms with Crippen LogP contribution in [0.25, 0.3) is 0 Å². The summed E-state index contributed by atoms with van der Waals surface area (Å²) in [5.74, 6) is 0. The normalized spacial score (nSPS) is 12.6. The minimum absolute atomic E-state index is 0.259. The highest BCUT2D eigenvalue weighted by atomic mass is 35.5. The number of hydrogen-bond acceptors (Lipinski definition) is 3. The van der Waals surface area contributed by atoms with Crippen LogP contribution in [-0.2, 0) is 6.42 Å². The van der Waals surface area contributed by atoms with Crippen molar-refractivity contribution in [3.8, 4) is 0 Å². The number of hydrogen-bond donors (Lipinski definition) is 1. The van der Waals surface area contributed by atoms with E-state index in [4.69, 9.17) is 11.6 Å². The van der Waals surface area contributed by atoms with E-state index in [9.17, 15) is 0 Å². The van der Waals surface area contributed by atoms with Gasteiger partial charge in [0.1, 0.15) is 0 Å². The first kappa shape index (κ1) is 13.5. The van der Waals surface area contributed by atoms with Crippen molar-refractivity contribution in [2.45, 2.75) is 25.8 Å². The molecule has 2 aromatic heterocycles. The van der Waals surface area contributed by atoms with E-state index in [-0.39, 0.29) is 6.04 Å². The van der Waals surface area contributed by atoms with Gasteiger partial charge in [0.15, 0.2) is 0 Å². The highest BCUT2D eigenvalue weighted by Crippen LogP contribution is 2.25. The van der Waals surface area contributed by atoms with Crippen molar-refractivity contribution in [3.05, 3.63) is 51.4 Å². The first-order valence-corrected chi connectivity index (χ1v) is 7.47. The molecule has 1 N–H and O–H groups in total. The van der Waals surface area contributed by atoms with E-state index in [0.29, 0.717) is 0 Å². The Labute approximate surface area is 117 Å². The van der Waals surface area contributed by atoms with Crippen LogP contribution >= 0.6 is 22.9 Å². The Morgan fingerprint density at radius 1 is 1.44 bits per heavy atom. The van der Waals surface area contributed by atoms with E-state index >= 15 is 0 Å². The van der Waals surface area contributed by atoms with Crippen molar-refractivity contribution in [3.63, 3.8) is 0 Å². The van der Waals surface area contributed by atoms with Crippen molar-refractivity contribution >= 4 is 22.9 Å². The van der Waals surface area contributed by atoms with E-state index in [1.54, 1.807) is 23.7 Å². The van der Waals surface area contributed by atoms with Gasteiger partial charge in [-0.25, -0.2) is 0 Å². The molecule has 1 unspecified atom stereocenters. The highest BCUT2D eigenvalue weighted by molar-refractivity contribution is 7.07. The molecule has 2 aromatic rings. The molecule has 0 aliphatic heterocycles. The summed E-state index contributed by atoms with van der Waals surface area (Å²) >= 11 is 7.97. The van der Waals surface area contributed by atoms with Crippen LogP contribution in [0.15, 0.2) is 35.3 Å². The fourth-order valence-electron chi connectivity index (χ4n) is 1.92. The Bertz CT molecular complexity index is 470. The summed E-state index contributed by atoms with van der Waals surface area (Å²) in [4.78, 5) is 4.05. The predicted molar refractivity (Wildman–Crippen MR) is 78.3 cm³/mol. The summed E-state index contributed by atoms with van der Waals surface area (Å²) in [5.41, 5.74) is 2.48. The monoisotopic (exact) mass is 280 g/mol. The predicted octanol–water partition coefficient (Wildman–Crippen LogP) is 4.08. The maximum atomic E-state index is 6.24. The van der Waals surface area contributed by atoms with Gasteiger partial charge >= 0.3 is 0 Å². The molecular weight excluding hydrogens is 264 g/mol. The molecule has 96 valence electrons. The molecule has 2 rings (SSSR count). The lowest BCUT2D eigenvalue weighted by atomic mass is 10.0. The van der Waals surface area contributed by atoms with Crippen LogP contribution < -0.4 is 5.32 Å². The minimum atomic E-state index is 0.259. The summed E-state index contributed by atoms with van der Waals surface area (Å²) in [6.07, 6.45) is 5.59. The van der Waals surface area contributed by atoms with Gasteiger partial charge in [0.2, 0.25) is 0 Å². The molecule has 0 saturated heterocycles. The SMILES string of the molecule is CCCNC(Cc1ccsc1)c1ccncc1Cl. The van der Waals surface area contributed by atoms with Crippen LogP contribution in [0.2, 0.25) is 5.02 Å². The molecule has 1 atom stereocenters. The third-order valence-electron chi connectivity index (χ3n) is 2.84. The van der Waals surface area contributed by atoms with E-state index < -0.39 is 0 Å². The Morgan fingerprint density at radius 3 is 3.00 bits per heavy atom. The molecule has 0 fully saturated rings. The Balaban J connectivity index is 2.16. The van der Waals surface area contributed by atoms with Gasteiger partial charge in [0.25, 0.3) is 0 Å². The first-order chi connectivity index (χ1) is 8.81. The fourth-order valence-corrected chi connectivity index (χ4v) is 2.86. The largest absolute Gasteiger partial charge is 0.310 e. The van der Waals surface area contributed by atoms with Crippen LogP contribution in [-0.4, -0.2) is 11.5 Å². The zero-order valence-electron chi connectivity index (χ0n) is 10.4. The molecule has 0 spiro atoms. The van der Waals surface area contributed by atoms with Crippen molar-refractivity contribution in [2.24, 2.45) is 0 Å². The summed E-state index contributed by atoms with van der Waals surface area (Å²) in [6, 6.07) is 4.43. The average Bonchev–Trinajstić information content (AvgIpc) is 2.88. The van der Waals surface area contributed by atoms with E-state index in [1.165, 1.54) is 5.56 Å². The van der Waals surface area contributed by atoms with Gasteiger partial charge in [-0.05, 0) is 53.4 Å². The Morgan fingerprint density at radius 2 is 2.33 bits per heavy atom. The van der Waals surface area contributed by atoms with Gasteiger partial charge in [0, 0.05) is 18.4 Å². The zero-order valence-corrected chi connectivity index (χ0v) is 12.0. The summed E-state index contributed by atoms with van der Waals surface area (Å²) in [6.45, 7) is 3.16. The van der Waals surface area contributed by atoms with Crippen LogP contribution in [0, 0.1) is 0 Å². The van der Waals surface area contributed by atoms with Gasteiger partial charge < -0.3 is 5.32 Å². The molecule has 0 saturated carbocycles. The fraction of sp³-hybridized carbons (Fsp3) is 0.357. The standard InChI is InChI=1S/C14H17ClN2S/c1-2-5-17-14(8-11-4-7-18-10-11)12-3-6-16-9-13(12)15/h3-4,6-7,9-10,14,17H,2,5,8H2,1H3. The van der Waals surface area contributed by atoms with Crippen molar-refractivity contribution in [1.29, 1.82) is 0 Å². The van der Waals surface area contributed by atoms with Gasteiger partial charge in [-0.1, -0.05) is 18.5 Å². The Hall–Kier alpha value is -0.900. The molecular formula is C14H17ClN2S. The molecule has 4 heteroatoms. The smallest absolute Gasteiger partial charge is 0.0637 e. The maximum Gasteiger partial charge on any atom is 0.0637 e. The third-order valence-corrected chi connectivity index (χ3v) is 3.89. The zero-order chi connectivity index (χ0) is 12.8. The van der Waals surface area contributed by atoms with E-state index in [2.05, 4.69) is 34.1 Å². The number of thiophene rings is 1. The molecule has 2 heterocycles. The molecule has 18 heavy (non-hydrogen) atoms. The number of nitrogens with zero attached hydrogens (tertiary/aromatic N) is 1. The Kier molecular flexibility index (Phi) is 5.17. The van der Waals surface area contributed by atoms with Crippen molar-refractivity contribution in [2.75, 3.05) is 6.54 Å². The number of rotatable bonds is 6.